The Labute approximate surface area is 201 Å². The van der Waals surface area contributed by atoms with Crippen molar-refractivity contribution >= 4 is 29.2 Å². The molecule has 6 nitrogen and oxygen atoms in total. The predicted octanol–water partition coefficient (Wildman–Crippen LogP) is 4.88. The number of aromatic nitrogens is 1. The number of ether oxygens (including phenoxy) is 1. The molecule has 0 saturated carbocycles. The molecule has 2 heterocycles. The lowest BCUT2D eigenvalue weighted by Crippen LogP contribution is -2.45. The number of esters is 1. The molecule has 33 heavy (non-hydrogen) atoms. The number of aliphatic hydroxyl groups excluding tert-OH is 2. The van der Waals surface area contributed by atoms with Crippen molar-refractivity contribution in [3.8, 4) is 0 Å². The van der Waals surface area contributed by atoms with Crippen LogP contribution in [0.1, 0.15) is 77.4 Å². The molecule has 0 radical (unpaired) electrons. The lowest BCUT2D eigenvalue weighted by molar-refractivity contribution is -0.154. The van der Waals surface area contributed by atoms with Gasteiger partial charge in [0, 0.05) is 17.7 Å². The van der Waals surface area contributed by atoms with E-state index in [2.05, 4.69) is 11.1 Å². The van der Waals surface area contributed by atoms with Crippen LogP contribution in [-0.2, 0) is 14.3 Å². The van der Waals surface area contributed by atoms with Gasteiger partial charge in [0.25, 0.3) is 0 Å². The maximum Gasteiger partial charge on any atom is 0.309 e. The number of aliphatic hydroxyl groups is 2. The molecule has 0 unspecified atom stereocenters. The molecule has 0 fully saturated rings. The van der Waals surface area contributed by atoms with Gasteiger partial charge < -0.3 is 14.9 Å². The molecule has 1 aliphatic heterocycles. The van der Waals surface area contributed by atoms with E-state index in [1.54, 1.807) is 32.1 Å². The first-order chi connectivity index (χ1) is 15.4. The van der Waals surface area contributed by atoms with Crippen LogP contribution >= 0.6 is 11.3 Å². The molecule has 7 heteroatoms. The number of cyclic esters (lactones) is 1. The number of ketones is 1. The smallest absolute Gasteiger partial charge is 0.309 e. The van der Waals surface area contributed by atoms with E-state index in [0.717, 1.165) is 35.5 Å². The van der Waals surface area contributed by atoms with Gasteiger partial charge in [-0.05, 0) is 50.7 Å². The fourth-order valence-electron chi connectivity index (χ4n) is 4.18. The zero-order chi connectivity index (χ0) is 24.8. The number of allylic oxidation sites excluding steroid dienone is 1. The van der Waals surface area contributed by atoms with Gasteiger partial charge in [-0.25, -0.2) is 4.98 Å². The SMILES string of the molecule is C/C(=C\c1csc(C)n1)[C@@H]1C/C=C/CCC[C@@H](C)[C@@H](O)[C@H](C)C(=O)C(C)(C)[C@@H](O)CC(=O)O1. The van der Waals surface area contributed by atoms with Crippen LogP contribution in [0, 0.1) is 24.2 Å². The van der Waals surface area contributed by atoms with Crippen LogP contribution in [0.15, 0.2) is 23.1 Å². The Balaban J connectivity index is 2.27. The van der Waals surface area contributed by atoms with Crippen molar-refractivity contribution in [3.63, 3.8) is 0 Å². The molecule has 2 N–H and O–H groups in total. The van der Waals surface area contributed by atoms with Crippen molar-refractivity contribution in [2.45, 2.75) is 92.0 Å². The third kappa shape index (κ3) is 7.59. The summed E-state index contributed by atoms with van der Waals surface area (Å²) in [6.07, 6.45) is 6.28. The molecule has 0 aliphatic carbocycles. The van der Waals surface area contributed by atoms with Gasteiger partial charge >= 0.3 is 5.97 Å². The minimum Gasteiger partial charge on any atom is -0.457 e. The lowest BCUT2D eigenvalue weighted by Gasteiger charge is -2.34. The Morgan fingerprint density at radius 3 is 2.58 bits per heavy atom. The summed E-state index contributed by atoms with van der Waals surface area (Å²) in [6, 6.07) is 0. The van der Waals surface area contributed by atoms with E-state index in [4.69, 9.17) is 4.74 Å². The maximum absolute atomic E-state index is 13.1. The molecule has 0 amide bonds. The molecule has 184 valence electrons. The summed E-state index contributed by atoms with van der Waals surface area (Å²) in [4.78, 5) is 30.3. The van der Waals surface area contributed by atoms with E-state index < -0.39 is 35.6 Å². The highest BCUT2D eigenvalue weighted by molar-refractivity contribution is 7.09. The standard InChI is InChI=1S/C26H39NO5S/c1-16-11-9-7-8-10-12-21(17(2)13-20-15-33-19(4)27-20)32-23(29)14-22(28)26(5,6)25(31)18(3)24(16)30/h8,10,13,15-16,18,21-22,24,28,30H,7,9,11-12,14H2,1-6H3/b10-8+,17-13+/t16-,18+,21+,22+,24-/m1/s1. The second kappa shape index (κ2) is 12.0. The number of hydrogen-bond donors (Lipinski definition) is 2. The Bertz CT molecular complexity index is 872. The number of nitrogens with zero attached hydrogens (tertiary/aromatic N) is 1. The number of rotatable bonds is 2. The topological polar surface area (TPSA) is 96.7 Å². The highest BCUT2D eigenvalue weighted by Gasteiger charge is 2.42. The van der Waals surface area contributed by atoms with Gasteiger partial charge in [-0.2, -0.15) is 0 Å². The molecule has 0 spiro atoms. The Morgan fingerprint density at radius 2 is 1.94 bits per heavy atom. The molecule has 0 saturated heterocycles. The average molecular weight is 478 g/mol. The largest absolute Gasteiger partial charge is 0.457 e. The molecule has 2 rings (SSSR count). The first-order valence-electron chi connectivity index (χ1n) is 11.8. The van der Waals surface area contributed by atoms with Crippen LogP contribution in [0.5, 0.6) is 0 Å². The normalized spacial score (nSPS) is 31.8. The lowest BCUT2D eigenvalue weighted by atomic mass is 9.73. The molecule has 1 aromatic rings. The highest BCUT2D eigenvalue weighted by Crippen LogP contribution is 2.32. The van der Waals surface area contributed by atoms with E-state index in [1.165, 1.54) is 0 Å². The van der Waals surface area contributed by atoms with Crippen molar-refractivity contribution < 1.29 is 24.5 Å². The van der Waals surface area contributed by atoms with E-state index in [0.29, 0.717) is 6.42 Å². The van der Waals surface area contributed by atoms with Gasteiger partial charge in [0.2, 0.25) is 0 Å². The van der Waals surface area contributed by atoms with Crippen LogP contribution in [0.25, 0.3) is 6.08 Å². The van der Waals surface area contributed by atoms with Crippen molar-refractivity contribution in [2.24, 2.45) is 17.3 Å². The summed E-state index contributed by atoms with van der Waals surface area (Å²) in [7, 11) is 0. The van der Waals surface area contributed by atoms with Gasteiger partial charge in [-0.15, -0.1) is 11.3 Å². The number of Topliss-reactive ketones (excluding diaryl/α,β-unsaturated/α-hetero) is 1. The van der Waals surface area contributed by atoms with E-state index in [1.807, 2.05) is 38.3 Å². The first kappa shape index (κ1) is 27.4. The molecule has 1 aromatic heterocycles. The summed E-state index contributed by atoms with van der Waals surface area (Å²) < 4.78 is 5.75. The van der Waals surface area contributed by atoms with Gasteiger partial charge in [-0.3, -0.25) is 9.59 Å². The molecule has 5 atom stereocenters. The van der Waals surface area contributed by atoms with Gasteiger partial charge in [0.15, 0.2) is 0 Å². The Morgan fingerprint density at radius 1 is 1.24 bits per heavy atom. The van der Waals surface area contributed by atoms with Crippen molar-refractivity contribution in [3.05, 3.63) is 33.8 Å². The second-order valence-corrected chi connectivity index (χ2v) is 10.9. The third-order valence-corrected chi connectivity index (χ3v) is 7.47. The Kier molecular flexibility index (Phi) is 10.0. The number of carbonyl (C=O) groups is 2. The quantitative estimate of drug-likeness (QED) is 0.466. The van der Waals surface area contributed by atoms with Crippen LogP contribution < -0.4 is 0 Å². The van der Waals surface area contributed by atoms with Crippen LogP contribution in [0.2, 0.25) is 0 Å². The van der Waals surface area contributed by atoms with Crippen LogP contribution in [-0.4, -0.2) is 45.3 Å². The van der Waals surface area contributed by atoms with Crippen LogP contribution in [0.4, 0.5) is 0 Å². The number of thiazole rings is 1. The van der Waals surface area contributed by atoms with E-state index in [9.17, 15) is 19.8 Å². The molecule has 0 bridgehead atoms. The summed E-state index contributed by atoms with van der Waals surface area (Å²) in [6.45, 7) is 10.8. The monoisotopic (exact) mass is 477 g/mol. The average Bonchev–Trinajstić information content (AvgIpc) is 3.16. The minimum atomic E-state index is -1.21. The van der Waals surface area contributed by atoms with Crippen molar-refractivity contribution in [2.75, 3.05) is 0 Å². The van der Waals surface area contributed by atoms with Crippen molar-refractivity contribution in [1.29, 1.82) is 0 Å². The molecule has 0 aromatic carbocycles. The number of aryl methyl sites for hydroxylation is 1. The highest BCUT2D eigenvalue weighted by atomic mass is 32.1. The molecular weight excluding hydrogens is 438 g/mol. The summed E-state index contributed by atoms with van der Waals surface area (Å²) in [5.74, 6) is -1.48. The summed E-state index contributed by atoms with van der Waals surface area (Å²) in [5, 5.41) is 24.4. The van der Waals surface area contributed by atoms with Gasteiger partial charge in [0.1, 0.15) is 11.9 Å². The minimum absolute atomic E-state index is 0.0392. The Hall–Kier alpha value is -1.83. The van der Waals surface area contributed by atoms with Crippen LogP contribution in [0.3, 0.4) is 0 Å². The van der Waals surface area contributed by atoms with E-state index in [-0.39, 0.29) is 18.1 Å². The van der Waals surface area contributed by atoms with E-state index >= 15 is 0 Å². The molecule has 1 aliphatic rings. The fourth-order valence-corrected chi connectivity index (χ4v) is 4.75. The predicted molar refractivity (Wildman–Crippen MR) is 132 cm³/mol. The zero-order valence-electron chi connectivity index (χ0n) is 20.7. The number of hydrogen-bond acceptors (Lipinski definition) is 7. The first-order valence-corrected chi connectivity index (χ1v) is 12.7. The van der Waals surface area contributed by atoms with Gasteiger partial charge in [-0.1, -0.05) is 39.8 Å². The third-order valence-electron chi connectivity index (χ3n) is 6.68. The van der Waals surface area contributed by atoms with Crippen molar-refractivity contribution in [1.82, 2.24) is 4.98 Å². The van der Waals surface area contributed by atoms with Gasteiger partial charge in [0.05, 0.1) is 34.7 Å². The summed E-state index contributed by atoms with van der Waals surface area (Å²) in [5.41, 5.74) is 0.513. The number of carbonyl (C=O) groups excluding carboxylic acids is 2. The fraction of sp³-hybridized carbons (Fsp3) is 0.654. The summed E-state index contributed by atoms with van der Waals surface area (Å²) >= 11 is 1.56. The second-order valence-electron chi connectivity index (χ2n) is 9.86. The maximum atomic E-state index is 13.1. The zero-order valence-corrected chi connectivity index (χ0v) is 21.5. The molecular formula is C26H39NO5S.